The average Bonchev–Trinajstić information content (AvgIpc) is 2.84. The van der Waals surface area contributed by atoms with Gasteiger partial charge in [0.05, 0.1) is 16.3 Å². The summed E-state index contributed by atoms with van der Waals surface area (Å²) in [5.41, 5.74) is 3.55. The van der Waals surface area contributed by atoms with Crippen molar-refractivity contribution < 1.29 is 4.79 Å². The van der Waals surface area contributed by atoms with E-state index in [4.69, 9.17) is 0 Å². The second-order valence-corrected chi connectivity index (χ2v) is 4.73. The maximum atomic E-state index is 10.9. The predicted molar refractivity (Wildman–Crippen MR) is 64.5 cm³/mol. The molecule has 78 valence electrons. The van der Waals surface area contributed by atoms with Crippen molar-refractivity contribution in [2.75, 3.05) is 5.75 Å². The highest BCUT2D eigenvalue weighted by Crippen LogP contribution is 2.16. The molecule has 1 saturated heterocycles. The van der Waals surface area contributed by atoms with E-state index in [1.165, 1.54) is 11.8 Å². The summed E-state index contributed by atoms with van der Waals surface area (Å²) < 4.78 is 0. The number of amides is 1. The van der Waals surface area contributed by atoms with Crippen LogP contribution in [0.15, 0.2) is 29.2 Å². The van der Waals surface area contributed by atoms with E-state index in [-0.39, 0.29) is 5.91 Å². The molecular formula is C9H9N3OS2. The van der Waals surface area contributed by atoms with Gasteiger partial charge in [-0.1, -0.05) is 24.4 Å². The lowest BCUT2D eigenvalue weighted by atomic mass is 10.4. The van der Waals surface area contributed by atoms with E-state index in [1.807, 2.05) is 17.5 Å². The summed E-state index contributed by atoms with van der Waals surface area (Å²) in [6, 6.07) is 3.91. The Hall–Kier alpha value is -1.27. The van der Waals surface area contributed by atoms with Crippen LogP contribution in [0.5, 0.6) is 0 Å². The van der Waals surface area contributed by atoms with Crippen molar-refractivity contribution in [1.29, 1.82) is 0 Å². The first-order valence-corrected chi connectivity index (χ1v) is 6.11. The van der Waals surface area contributed by atoms with Crippen LogP contribution in [0.3, 0.4) is 0 Å². The maximum Gasteiger partial charge on any atom is 0.236 e. The first-order valence-electron chi connectivity index (χ1n) is 4.25. The molecule has 0 saturated carbocycles. The minimum absolute atomic E-state index is 0.0118. The van der Waals surface area contributed by atoms with Crippen LogP contribution in [0.25, 0.3) is 5.70 Å². The normalized spacial score (nSPS) is 17.9. The maximum absolute atomic E-state index is 10.9. The van der Waals surface area contributed by atoms with Gasteiger partial charge in [-0.15, -0.1) is 16.4 Å². The van der Waals surface area contributed by atoms with Crippen LogP contribution in [0.2, 0.25) is 0 Å². The summed E-state index contributed by atoms with van der Waals surface area (Å²) >= 11 is 2.97. The molecule has 0 unspecified atom stereocenters. The standard InChI is InChI=1S/C9H9N3OS2/c1-6(7-3-2-4-14-7)11-12-9-10-8(13)5-15-9/h2-4,11H,1,5H2,(H,10,12,13). The fourth-order valence-electron chi connectivity index (χ4n) is 1.01. The van der Waals surface area contributed by atoms with Gasteiger partial charge in [0.2, 0.25) is 5.91 Å². The lowest BCUT2D eigenvalue weighted by molar-refractivity contribution is -0.116. The third kappa shape index (κ3) is 2.60. The zero-order valence-electron chi connectivity index (χ0n) is 7.82. The van der Waals surface area contributed by atoms with Gasteiger partial charge in [-0.3, -0.25) is 10.2 Å². The Balaban J connectivity index is 1.93. The SMILES string of the molecule is C=C(N/N=C1/NC(=O)CS1)c1cccs1. The monoisotopic (exact) mass is 239 g/mol. The molecule has 1 aliphatic rings. The molecule has 4 nitrogen and oxygen atoms in total. The number of thioether (sulfide) groups is 1. The average molecular weight is 239 g/mol. The van der Waals surface area contributed by atoms with E-state index >= 15 is 0 Å². The van der Waals surface area contributed by atoms with Crippen LogP contribution in [-0.2, 0) is 4.79 Å². The number of amidine groups is 1. The molecule has 2 rings (SSSR count). The summed E-state index contributed by atoms with van der Waals surface area (Å²) in [6.07, 6.45) is 0. The third-order valence-corrected chi connectivity index (χ3v) is 3.50. The molecule has 1 aromatic heterocycles. The minimum atomic E-state index is -0.0118. The van der Waals surface area contributed by atoms with Crippen LogP contribution < -0.4 is 10.7 Å². The van der Waals surface area contributed by atoms with Crippen molar-refractivity contribution in [2.24, 2.45) is 5.10 Å². The van der Waals surface area contributed by atoms with Crippen molar-refractivity contribution in [3.63, 3.8) is 0 Å². The van der Waals surface area contributed by atoms with Crippen molar-refractivity contribution in [2.45, 2.75) is 0 Å². The predicted octanol–water partition coefficient (Wildman–Crippen LogP) is 1.44. The van der Waals surface area contributed by atoms with Gasteiger partial charge in [0.1, 0.15) is 0 Å². The smallest absolute Gasteiger partial charge is 0.236 e. The van der Waals surface area contributed by atoms with Gasteiger partial charge in [-0.2, -0.15) is 0 Å². The molecule has 0 atom stereocenters. The third-order valence-electron chi connectivity index (χ3n) is 1.70. The molecule has 1 aromatic rings. The number of nitrogens with one attached hydrogen (secondary N) is 2. The molecule has 2 N–H and O–H groups in total. The zero-order chi connectivity index (χ0) is 10.7. The Morgan fingerprint density at radius 3 is 3.13 bits per heavy atom. The van der Waals surface area contributed by atoms with Gasteiger partial charge in [0.25, 0.3) is 0 Å². The Morgan fingerprint density at radius 2 is 2.53 bits per heavy atom. The molecule has 0 aliphatic carbocycles. The second-order valence-electron chi connectivity index (χ2n) is 2.82. The van der Waals surface area contributed by atoms with Crippen LogP contribution in [-0.4, -0.2) is 16.8 Å². The van der Waals surface area contributed by atoms with Gasteiger partial charge < -0.3 is 5.32 Å². The Labute approximate surface area is 95.5 Å². The van der Waals surface area contributed by atoms with Gasteiger partial charge in [-0.05, 0) is 11.4 Å². The molecule has 1 amide bonds. The molecule has 15 heavy (non-hydrogen) atoms. The quantitative estimate of drug-likeness (QED) is 0.785. The topological polar surface area (TPSA) is 53.5 Å². The Morgan fingerprint density at radius 1 is 1.67 bits per heavy atom. The summed E-state index contributed by atoms with van der Waals surface area (Å²) in [5, 5.41) is 9.23. The van der Waals surface area contributed by atoms with E-state index in [9.17, 15) is 4.79 Å². The first kappa shape index (κ1) is 10.3. The summed E-state index contributed by atoms with van der Waals surface area (Å²) in [7, 11) is 0. The molecule has 1 fully saturated rings. The Bertz CT molecular complexity index is 411. The van der Waals surface area contributed by atoms with Gasteiger partial charge in [0.15, 0.2) is 5.17 Å². The van der Waals surface area contributed by atoms with E-state index in [1.54, 1.807) is 11.3 Å². The van der Waals surface area contributed by atoms with E-state index < -0.39 is 0 Å². The number of nitrogens with zero attached hydrogens (tertiary/aromatic N) is 1. The first-order chi connectivity index (χ1) is 7.25. The number of rotatable bonds is 3. The number of thiophene rings is 1. The van der Waals surface area contributed by atoms with Crippen LogP contribution in [0.4, 0.5) is 0 Å². The molecule has 0 bridgehead atoms. The summed E-state index contributed by atoms with van der Waals surface area (Å²) in [4.78, 5) is 11.9. The minimum Gasteiger partial charge on any atom is -0.303 e. The van der Waals surface area contributed by atoms with Crippen molar-refractivity contribution >= 4 is 39.9 Å². The highest BCUT2D eigenvalue weighted by Gasteiger charge is 2.16. The van der Waals surface area contributed by atoms with Crippen LogP contribution >= 0.6 is 23.1 Å². The lowest BCUT2D eigenvalue weighted by Gasteiger charge is -2.02. The van der Waals surface area contributed by atoms with Gasteiger partial charge in [-0.25, -0.2) is 0 Å². The second kappa shape index (κ2) is 4.50. The molecule has 6 heteroatoms. The summed E-state index contributed by atoms with van der Waals surface area (Å²) in [5.74, 6) is 0.425. The number of hydrazone groups is 1. The number of carbonyl (C=O) groups excluding carboxylic acids is 1. The van der Waals surface area contributed by atoms with E-state index in [2.05, 4.69) is 22.4 Å². The number of hydrogen-bond donors (Lipinski definition) is 2. The highest BCUT2D eigenvalue weighted by molar-refractivity contribution is 8.15. The molecule has 0 aromatic carbocycles. The van der Waals surface area contributed by atoms with Crippen molar-refractivity contribution in [3.8, 4) is 0 Å². The van der Waals surface area contributed by atoms with Gasteiger partial charge >= 0.3 is 0 Å². The largest absolute Gasteiger partial charge is 0.303 e. The van der Waals surface area contributed by atoms with Crippen molar-refractivity contribution in [3.05, 3.63) is 29.0 Å². The van der Waals surface area contributed by atoms with Gasteiger partial charge in [0, 0.05) is 0 Å². The van der Waals surface area contributed by atoms with E-state index in [0.717, 1.165) is 10.6 Å². The fraction of sp³-hybridized carbons (Fsp3) is 0.111. The lowest BCUT2D eigenvalue weighted by Crippen LogP contribution is -2.22. The molecule has 1 aliphatic heterocycles. The fourth-order valence-corrected chi connectivity index (χ4v) is 2.29. The van der Waals surface area contributed by atoms with Crippen LogP contribution in [0.1, 0.15) is 4.88 Å². The zero-order valence-corrected chi connectivity index (χ0v) is 9.45. The molecule has 0 spiro atoms. The van der Waals surface area contributed by atoms with Crippen molar-refractivity contribution in [1.82, 2.24) is 10.7 Å². The van der Waals surface area contributed by atoms with Crippen LogP contribution in [0, 0.1) is 0 Å². The number of hydrogen-bond acceptors (Lipinski definition) is 5. The number of carbonyl (C=O) groups is 1. The Kier molecular flexibility index (Phi) is 3.08. The molecular weight excluding hydrogens is 230 g/mol. The summed E-state index contributed by atoms with van der Waals surface area (Å²) in [6.45, 7) is 3.85. The molecule has 0 radical (unpaired) electrons. The van der Waals surface area contributed by atoms with E-state index in [0.29, 0.717) is 10.9 Å². The highest BCUT2D eigenvalue weighted by atomic mass is 32.2. The molecule has 2 heterocycles.